The maximum Gasteiger partial charge on any atom is 0.183 e. The lowest BCUT2D eigenvalue weighted by Crippen LogP contribution is -2.17. The van der Waals surface area contributed by atoms with Gasteiger partial charge in [-0.05, 0) is 31.2 Å². The molecule has 2 atom stereocenters. The molecule has 0 aliphatic carbocycles. The Bertz CT molecular complexity index is 274. The highest BCUT2D eigenvalue weighted by Gasteiger charge is 2.12. The average molecular weight is 327 g/mol. The molecule has 0 aliphatic heterocycles. The molecule has 0 saturated heterocycles. The molecule has 0 saturated carbocycles. The van der Waals surface area contributed by atoms with Crippen LogP contribution in [0.1, 0.15) is 6.92 Å². The Morgan fingerprint density at radius 1 is 1.21 bits per heavy atom. The summed E-state index contributed by atoms with van der Waals surface area (Å²) in [5.74, 6) is 1.57. The molecule has 2 nitrogen and oxygen atoms in total. The summed E-state index contributed by atoms with van der Waals surface area (Å²) >= 11 is 8.19. The first-order valence-corrected chi connectivity index (χ1v) is 5.90. The molecular weight excluding hydrogens is 314 g/mol. The monoisotopic (exact) mass is 326 g/mol. The van der Waals surface area contributed by atoms with E-state index in [0.717, 1.165) is 11.5 Å². The van der Waals surface area contributed by atoms with Gasteiger partial charge in [0.2, 0.25) is 0 Å². The van der Waals surface area contributed by atoms with Crippen LogP contribution < -0.4 is 9.47 Å². The smallest absolute Gasteiger partial charge is 0.183 e. The van der Waals surface area contributed by atoms with Crippen molar-refractivity contribution < 1.29 is 9.47 Å². The van der Waals surface area contributed by atoms with Crippen LogP contribution in [-0.4, -0.2) is 16.6 Å². The van der Waals surface area contributed by atoms with Gasteiger partial charge in [-0.15, -0.1) is 0 Å². The molecule has 0 fully saturated rings. The van der Waals surface area contributed by atoms with Crippen molar-refractivity contribution >= 4 is 34.2 Å². The van der Waals surface area contributed by atoms with Crippen LogP contribution in [0.3, 0.4) is 0 Å². The Hall–Kier alpha value is -0.160. The van der Waals surface area contributed by atoms with Crippen molar-refractivity contribution in [3.8, 4) is 11.5 Å². The minimum atomic E-state index is -0.302. The second-order valence-corrected chi connectivity index (χ2v) is 5.22. The maximum absolute atomic E-state index is 5.96. The summed E-state index contributed by atoms with van der Waals surface area (Å²) in [4.78, 5) is 0. The van der Waals surface area contributed by atoms with Gasteiger partial charge < -0.3 is 9.47 Å². The summed E-state index contributed by atoms with van der Waals surface area (Å²) < 4.78 is 10.8. The van der Waals surface area contributed by atoms with Crippen LogP contribution in [0.5, 0.6) is 11.5 Å². The van der Waals surface area contributed by atoms with E-state index in [1.807, 2.05) is 31.2 Å². The number of hydrogen-bond acceptors (Lipinski definition) is 2. The maximum atomic E-state index is 5.96. The van der Waals surface area contributed by atoms with Crippen molar-refractivity contribution in [1.82, 2.24) is 0 Å². The van der Waals surface area contributed by atoms with Gasteiger partial charge in [-0.25, -0.2) is 0 Å². The lowest BCUT2D eigenvalue weighted by Gasteiger charge is -2.14. The zero-order chi connectivity index (χ0) is 10.6. The van der Waals surface area contributed by atoms with Crippen LogP contribution in [0, 0.1) is 0 Å². The molecule has 0 unspecified atom stereocenters. The second kappa shape index (κ2) is 5.66. The molecule has 0 heterocycles. The predicted molar refractivity (Wildman–Crippen MR) is 66.7 cm³/mol. The number of ether oxygens (including phenoxy) is 2. The molecule has 1 aromatic carbocycles. The Morgan fingerprint density at radius 3 is 2.14 bits per heavy atom. The largest absolute Gasteiger partial charge is 0.497 e. The minimum Gasteiger partial charge on any atom is -0.497 e. The predicted octanol–water partition coefficient (Wildman–Crippen LogP) is 3.46. The lowest BCUT2D eigenvalue weighted by atomic mass is 10.3. The van der Waals surface area contributed by atoms with Crippen LogP contribution >= 0.6 is 34.2 Å². The fourth-order valence-corrected chi connectivity index (χ4v) is 1.13. The van der Waals surface area contributed by atoms with Gasteiger partial charge in [-0.2, -0.15) is 0 Å². The van der Waals surface area contributed by atoms with Crippen LogP contribution in [0.2, 0.25) is 0 Å². The van der Waals surface area contributed by atoms with Crippen molar-refractivity contribution in [3.63, 3.8) is 0 Å². The van der Waals surface area contributed by atoms with Gasteiger partial charge in [-0.1, -0.05) is 34.2 Å². The highest BCUT2D eigenvalue weighted by Crippen LogP contribution is 2.21. The summed E-state index contributed by atoms with van der Waals surface area (Å²) in [6.07, 6.45) is 0. The number of halogens is 2. The van der Waals surface area contributed by atoms with E-state index in [-0.39, 0.29) is 9.49 Å². The number of hydrogen-bond donors (Lipinski definition) is 0. The molecule has 78 valence electrons. The molecule has 0 aromatic heterocycles. The quantitative estimate of drug-likeness (QED) is 0.623. The second-order valence-electron chi connectivity index (χ2n) is 2.82. The number of rotatable bonds is 4. The Morgan fingerprint density at radius 2 is 1.71 bits per heavy atom. The molecule has 1 rings (SSSR count). The molecule has 0 aliphatic rings. The first-order valence-electron chi connectivity index (χ1n) is 4.22. The topological polar surface area (TPSA) is 18.5 Å². The third-order valence-electron chi connectivity index (χ3n) is 1.67. The Kier molecular flexibility index (Phi) is 4.81. The van der Waals surface area contributed by atoms with Crippen molar-refractivity contribution in [3.05, 3.63) is 24.3 Å². The zero-order valence-corrected chi connectivity index (χ0v) is 10.9. The van der Waals surface area contributed by atoms with Gasteiger partial charge in [0.15, 0.2) is 5.56 Å². The average Bonchev–Trinajstić information content (AvgIpc) is 2.19. The molecule has 0 amide bonds. The van der Waals surface area contributed by atoms with Crippen molar-refractivity contribution in [1.29, 1.82) is 0 Å². The van der Waals surface area contributed by atoms with E-state index in [1.54, 1.807) is 7.11 Å². The van der Waals surface area contributed by atoms with E-state index in [1.165, 1.54) is 0 Å². The van der Waals surface area contributed by atoms with Crippen LogP contribution in [0.4, 0.5) is 0 Å². The number of methoxy groups -OCH3 is 1. The van der Waals surface area contributed by atoms with Gasteiger partial charge in [0.1, 0.15) is 11.5 Å². The van der Waals surface area contributed by atoms with Gasteiger partial charge in [0.25, 0.3) is 0 Å². The van der Waals surface area contributed by atoms with E-state index >= 15 is 0 Å². The first-order chi connectivity index (χ1) is 6.63. The van der Waals surface area contributed by atoms with Gasteiger partial charge in [0, 0.05) is 0 Å². The highest BCUT2D eigenvalue weighted by atomic mass is 127. The van der Waals surface area contributed by atoms with E-state index in [4.69, 9.17) is 21.1 Å². The standard InChI is InChI=1S/C10H12ClIO2/c1-7(12)10(11)14-9-5-3-8(13-2)4-6-9/h3-7,10H,1-2H3/t7-,10+/m0/s1. The zero-order valence-electron chi connectivity index (χ0n) is 8.04. The molecular formula is C10H12ClIO2. The summed E-state index contributed by atoms with van der Waals surface area (Å²) in [5.41, 5.74) is -0.302. The van der Waals surface area contributed by atoms with E-state index < -0.39 is 0 Å². The Balaban J connectivity index is 2.59. The molecule has 4 heteroatoms. The van der Waals surface area contributed by atoms with Crippen LogP contribution in [0.15, 0.2) is 24.3 Å². The van der Waals surface area contributed by atoms with E-state index in [0.29, 0.717) is 0 Å². The highest BCUT2D eigenvalue weighted by molar-refractivity contribution is 14.1. The first kappa shape index (κ1) is 11.9. The summed E-state index contributed by atoms with van der Waals surface area (Å²) in [6.45, 7) is 2.00. The van der Waals surface area contributed by atoms with Crippen molar-refractivity contribution in [2.24, 2.45) is 0 Å². The van der Waals surface area contributed by atoms with Gasteiger partial charge in [-0.3, -0.25) is 0 Å². The molecule has 0 N–H and O–H groups in total. The van der Waals surface area contributed by atoms with Crippen LogP contribution in [0.25, 0.3) is 0 Å². The Labute approximate surface area is 103 Å². The fraction of sp³-hybridized carbons (Fsp3) is 0.400. The van der Waals surface area contributed by atoms with Crippen molar-refractivity contribution in [2.45, 2.75) is 16.4 Å². The SMILES string of the molecule is COc1ccc(O[C@@H](Cl)[C@H](C)I)cc1. The summed E-state index contributed by atoms with van der Waals surface area (Å²) in [7, 11) is 1.63. The molecule has 0 bridgehead atoms. The molecule has 0 radical (unpaired) electrons. The summed E-state index contributed by atoms with van der Waals surface area (Å²) in [5, 5.41) is 0. The van der Waals surface area contributed by atoms with Gasteiger partial charge in [0.05, 0.1) is 11.0 Å². The van der Waals surface area contributed by atoms with E-state index in [9.17, 15) is 0 Å². The van der Waals surface area contributed by atoms with E-state index in [2.05, 4.69) is 22.6 Å². The molecule has 14 heavy (non-hydrogen) atoms. The number of benzene rings is 1. The summed E-state index contributed by atoms with van der Waals surface area (Å²) in [6, 6.07) is 7.37. The molecule has 1 aromatic rings. The third-order valence-corrected chi connectivity index (χ3v) is 3.21. The van der Waals surface area contributed by atoms with Crippen LogP contribution in [-0.2, 0) is 0 Å². The minimum absolute atomic E-state index is 0.261. The lowest BCUT2D eigenvalue weighted by molar-refractivity contribution is 0.286. The molecule has 0 spiro atoms. The van der Waals surface area contributed by atoms with Gasteiger partial charge >= 0.3 is 0 Å². The normalized spacial score (nSPS) is 14.6. The third kappa shape index (κ3) is 3.53. The number of alkyl halides is 2. The fourth-order valence-electron chi connectivity index (χ4n) is 0.878. The van der Waals surface area contributed by atoms with Crippen molar-refractivity contribution in [2.75, 3.05) is 7.11 Å².